The quantitative estimate of drug-likeness (QED) is 0.709. The molecule has 2 heterocycles. The number of benzene rings is 1. The van der Waals surface area contributed by atoms with Gasteiger partial charge >= 0.3 is 0 Å². The van der Waals surface area contributed by atoms with Crippen molar-refractivity contribution in [3.63, 3.8) is 0 Å². The van der Waals surface area contributed by atoms with Gasteiger partial charge in [-0.15, -0.1) is 0 Å². The van der Waals surface area contributed by atoms with Gasteiger partial charge < -0.3 is 15.4 Å². The first kappa shape index (κ1) is 11.7. The van der Waals surface area contributed by atoms with Crippen molar-refractivity contribution in [1.82, 2.24) is 20.1 Å². The fraction of sp³-hybridized carbons (Fsp3) is 0.167. The van der Waals surface area contributed by atoms with Crippen molar-refractivity contribution < 1.29 is 9.63 Å². The fourth-order valence-corrected chi connectivity index (χ4v) is 1.69. The molecule has 0 spiro atoms. The molecule has 0 unspecified atom stereocenters. The van der Waals surface area contributed by atoms with E-state index in [1.54, 1.807) is 12.4 Å². The number of aliphatic hydroxyl groups is 1. The topological polar surface area (TPSA) is 111 Å². The summed E-state index contributed by atoms with van der Waals surface area (Å²) in [7, 11) is 0. The van der Waals surface area contributed by atoms with E-state index in [1.165, 1.54) is 0 Å². The van der Waals surface area contributed by atoms with Crippen molar-refractivity contribution in [3.8, 4) is 11.4 Å². The molecule has 0 amide bonds. The molecule has 0 aliphatic heterocycles. The SMILES string of the molecule is NC[C@H](O)c1nc(-c2ccc3nccnc3c2)no1. The molecule has 0 aliphatic rings. The molecule has 0 radical (unpaired) electrons. The third-order valence-electron chi connectivity index (χ3n) is 2.68. The number of hydrogen-bond acceptors (Lipinski definition) is 7. The Balaban J connectivity index is 2.01. The molecule has 1 aromatic carbocycles. The van der Waals surface area contributed by atoms with E-state index in [9.17, 15) is 5.11 Å². The average Bonchev–Trinajstić information content (AvgIpc) is 2.95. The summed E-state index contributed by atoms with van der Waals surface area (Å²) in [5.74, 6) is 0.492. The lowest BCUT2D eigenvalue weighted by Gasteiger charge is -1.99. The van der Waals surface area contributed by atoms with E-state index >= 15 is 0 Å². The molecule has 96 valence electrons. The van der Waals surface area contributed by atoms with Crippen LogP contribution in [-0.4, -0.2) is 31.8 Å². The Morgan fingerprint density at radius 1 is 1.21 bits per heavy atom. The number of hydrogen-bond donors (Lipinski definition) is 2. The third-order valence-corrected chi connectivity index (χ3v) is 2.68. The van der Waals surface area contributed by atoms with Crippen molar-refractivity contribution in [2.24, 2.45) is 5.73 Å². The Kier molecular flexibility index (Phi) is 2.90. The van der Waals surface area contributed by atoms with Gasteiger partial charge in [0.2, 0.25) is 5.82 Å². The zero-order valence-electron chi connectivity index (χ0n) is 9.89. The highest BCUT2D eigenvalue weighted by molar-refractivity contribution is 5.79. The molecule has 19 heavy (non-hydrogen) atoms. The van der Waals surface area contributed by atoms with E-state index in [1.807, 2.05) is 18.2 Å². The van der Waals surface area contributed by atoms with Crippen LogP contribution in [0.2, 0.25) is 0 Å². The Morgan fingerprint density at radius 2 is 2.00 bits per heavy atom. The maximum atomic E-state index is 9.52. The number of nitrogens with zero attached hydrogens (tertiary/aromatic N) is 4. The van der Waals surface area contributed by atoms with Gasteiger partial charge in [-0.2, -0.15) is 4.98 Å². The smallest absolute Gasteiger partial charge is 0.257 e. The maximum absolute atomic E-state index is 9.52. The third kappa shape index (κ3) is 2.16. The van der Waals surface area contributed by atoms with Crippen molar-refractivity contribution in [2.45, 2.75) is 6.10 Å². The number of aliphatic hydroxyl groups excluding tert-OH is 1. The van der Waals surface area contributed by atoms with Crippen molar-refractivity contribution in [1.29, 1.82) is 0 Å². The summed E-state index contributed by atoms with van der Waals surface area (Å²) >= 11 is 0. The number of fused-ring (bicyclic) bond motifs is 1. The Bertz CT molecular complexity index is 712. The molecular formula is C12H11N5O2. The van der Waals surface area contributed by atoms with E-state index in [0.29, 0.717) is 5.82 Å². The summed E-state index contributed by atoms with van der Waals surface area (Å²) in [4.78, 5) is 12.5. The van der Waals surface area contributed by atoms with Crippen LogP contribution < -0.4 is 5.73 Å². The zero-order chi connectivity index (χ0) is 13.2. The van der Waals surface area contributed by atoms with Gasteiger partial charge in [0.05, 0.1) is 11.0 Å². The standard InChI is InChI=1S/C12H11N5O2/c13-6-10(18)12-16-11(17-19-12)7-1-2-8-9(5-7)15-4-3-14-8/h1-5,10,18H,6,13H2/t10-/m0/s1. The zero-order valence-corrected chi connectivity index (χ0v) is 9.89. The molecule has 0 saturated heterocycles. The van der Waals surface area contributed by atoms with Gasteiger partial charge in [-0.3, -0.25) is 9.97 Å². The van der Waals surface area contributed by atoms with Crippen LogP contribution in [-0.2, 0) is 0 Å². The fourth-order valence-electron chi connectivity index (χ4n) is 1.69. The minimum Gasteiger partial charge on any atom is -0.382 e. The minimum atomic E-state index is -0.943. The van der Waals surface area contributed by atoms with Crippen molar-refractivity contribution in [2.75, 3.05) is 6.54 Å². The predicted molar refractivity (Wildman–Crippen MR) is 66.8 cm³/mol. The lowest BCUT2D eigenvalue weighted by molar-refractivity contribution is 0.141. The van der Waals surface area contributed by atoms with Crippen LogP contribution in [0.4, 0.5) is 0 Å². The Labute approximate surface area is 108 Å². The summed E-state index contributed by atoms with van der Waals surface area (Å²) in [6.07, 6.45) is 2.30. The summed E-state index contributed by atoms with van der Waals surface area (Å²) in [6, 6.07) is 5.46. The van der Waals surface area contributed by atoms with Gasteiger partial charge in [0, 0.05) is 24.5 Å². The molecule has 0 saturated carbocycles. The van der Waals surface area contributed by atoms with E-state index < -0.39 is 6.10 Å². The summed E-state index contributed by atoms with van der Waals surface area (Å²) in [5.41, 5.74) is 7.60. The lowest BCUT2D eigenvalue weighted by atomic mass is 10.2. The molecule has 7 nitrogen and oxygen atoms in total. The molecule has 0 aliphatic carbocycles. The molecule has 3 rings (SSSR count). The van der Waals surface area contributed by atoms with Crippen LogP contribution in [0.25, 0.3) is 22.4 Å². The Morgan fingerprint density at radius 3 is 2.79 bits per heavy atom. The highest BCUT2D eigenvalue weighted by atomic mass is 16.5. The molecule has 0 bridgehead atoms. The molecule has 2 aromatic heterocycles. The van der Waals surface area contributed by atoms with E-state index in [-0.39, 0.29) is 12.4 Å². The monoisotopic (exact) mass is 257 g/mol. The van der Waals surface area contributed by atoms with E-state index in [0.717, 1.165) is 16.6 Å². The number of nitrogens with two attached hydrogens (primary N) is 1. The predicted octanol–water partition coefficient (Wildman–Crippen LogP) is 0.672. The summed E-state index contributed by atoms with van der Waals surface area (Å²) in [5, 5.41) is 13.3. The largest absolute Gasteiger partial charge is 0.382 e. The first-order valence-corrected chi connectivity index (χ1v) is 5.71. The number of rotatable bonds is 3. The maximum Gasteiger partial charge on any atom is 0.257 e. The van der Waals surface area contributed by atoms with Gasteiger partial charge in [-0.1, -0.05) is 5.16 Å². The van der Waals surface area contributed by atoms with E-state index in [4.69, 9.17) is 10.3 Å². The van der Waals surface area contributed by atoms with E-state index in [2.05, 4.69) is 20.1 Å². The normalized spacial score (nSPS) is 12.7. The van der Waals surface area contributed by atoms with Crippen LogP contribution in [0.15, 0.2) is 35.1 Å². The molecule has 0 fully saturated rings. The molecular weight excluding hydrogens is 246 g/mol. The number of aromatic nitrogens is 4. The van der Waals surface area contributed by atoms with Crippen LogP contribution in [0.3, 0.4) is 0 Å². The first-order valence-electron chi connectivity index (χ1n) is 5.71. The van der Waals surface area contributed by atoms with Crippen LogP contribution in [0.1, 0.15) is 12.0 Å². The van der Waals surface area contributed by atoms with Gasteiger partial charge in [0.1, 0.15) is 6.10 Å². The van der Waals surface area contributed by atoms with Gasteiger partial charge in [0.15, 0.2) is 0 Å². The summed E-state index contributed by atoms with van der Waals surface area (Å²) in [6.45, 7) is 0.0326. The second kappa shape index (κ2) is 4.71. The molecule has 3 aromatic rings. The first-order chi connectivity index (χ1) is 9.28. The lowest BCUT2D eigenvalue weighted by Crippen LogP contribution is -2.11. The summed E-state index contributed by atoms with van der Waals surface area (Å²) < 4.78 is 4.96. The van der Waals surface area contributed by atoms with Crippen LogP contribution >= 0.6 is 0 Å². The highest BCUT2D eigenvalue weighted by Crippen LogP contribution is 2.21. The molecule has 7 heteroatoms. The molecule has 1 atom stereocenters. The van der Waals surface area contributed by atoms with Crippen LogP contribution in [0, 0.1) is 0 Å². The van der Waals surface area contributed by atoms with Crippen molar-refractivity contribution in [3.05, 3.63) is 36.5 Å². The molecule has 3 N–H and O–H groups in total. The second-order valence-corrected chi connectivity index (χ2v) is 3.97. The van der Waals surface area contributed by atoms with Crippen LogP contribution in [0.5, 0.6) is 0 Å². The Hall–Kier alpha value is -2.38. The van der Waals surface area contributed by atoms with Gasteiger partial charge in [0.25, 0.3) is 5.89 Å². The van der Waals surface area contributed by atoms with Crippen molar-refractivity contribution >= 4 is 11.0 Å². The highest BCUT2D eigenvalue weighted by Gasteiger charge is 2.15. The van der Waals surface area contributed by atoms with Gasteiger partial charge in [-0.25, -0.2) is 0 Å². The van der Waals surface area contributed by atoms with Gasteiger partial charge in [-0.05, 0) is 18.2 Å². The second-order valence-electron chi connectivity index (χ2n) is 3.97. The average molecular weight is 257 g/mol. The minimum absolute atomic E-state index is 0.0326.